The van der Waals surface area contributed by atoms with Crippen LogP contribution >= 0.6 is 0 Å². The third-order valence-corrected chi connectivity index (χ3v) is 4.03. The molecule has 0 bridgehead atoms. The minimum absolute atomic E-state index is 0.122. The fraction of sp³-hybridized carbons (Fsp3) is 0.500. The Bertz CT molecular complexity index is 498. The topological polar surface area (TPSA) is 75.6 Å². The van der Waals surface area contributed by atoms with Crippen LogP contribution in [0.1, 0.15) is 24.8 Å². The lowest BCUT2D eigenvalue weighted by atomic mass is 9.73. The quantitative estimate of drug-likeness (QED) is 0.752. The second-order valence-electron chi connectivity index (χ2n) is 5.37. The van der Waals surface area contributed by atoms with Crippen molar-refractivity contribution in [3.05, 3.63) is 29.8 Å². The number of amides is 1. The fourth-order valence-corrected chi connectivity index (χ4v) is 2.54. The first-order chi connectivity index (χ1) is 10.1. The summed E-state index contributed by atoms with van der Waals surface area (Å²) in [6.07, 6.45) is 3.00. The third-order valence-electron chi connectivity index (χ3n) is 4.03. The van der Waals surface area contributed by atoms with Crippen LogP contribution in [-0.4, -0.2) is 30.6 Å². The summed E-state index contributed by atoms with van der Waals surface area (Å²) < 4.78 is 5.10. The molecule has 1 aromatic carbocycles. The van der Waals surface area contributed by atoms with Crippen LogP contribution in [0.4, 0.5) is 0 Å². The van der Waals surface area contributed by atoms with E-state index in [1.54, 1.807) is 7.11 Å². The number of carbonyl (C=O) groups is 2. The summed E-state index contributed by atoms with van der Waals surface area (Å²) in [5.41, 5.74) is 1.19. The van der Waals surface area contributed by atoms with E-state index in [1.807, 2.05) is 24.3 Å². The number of carbonyl (C=O) groups excluding carboxylic acids is 1. The van der Waals surface area contributed by atoms with Crippen molar-refractivity contribution in [2.75, 3.05) is 13.7 Å². The molecule has 2 unspecified atom stereocenters. The van der Waals surface area contributed by atoms with Crippen molar-refractivity contribution in [3.8, 4) is 5.75 Å². The van der Waals surface area contributed by atoms with Crippen LogP contribution in [0.2, 0.25) is 0 Å². The number of carboxylic acid groups (broad SMARTS) is 1. The highest BCUT2D eigenvalue weighted by atomic mass is 16.5. The Balaban J connectivity index is 1.67. The molecule has 1 amide bonds. The summed E-state index contributed by atoms with van der Waals surface area (Å²) in [4.78, 5) is 22.7. The van der Waals surface area contributed by atoms with E-state index in [4.69, 9.17) is 9.84 Å². The summed E-state index contributed by atoms with van der Waals surface area (Å²) in [7, 11) is 1.63. The van der Waals surface area contributed by atoms with Gasteiger partial charge in [0.1, 0.15) is 5.75 Å². The zero-order valence-electron chi connectivity index (χ0n) is 12.2. The van der Waals surface area contributed by atoms with Gasteiger partial charge in [0, 0.05) is 6.54 Å². The molecular formula is C16H21NO4. The van der Waals surface area contributed by atoms with E-state index in [-0.39, 0.29) is 11.8 Å². The van der Waals surface area contributed by atoms with Crippen LogP contribution < -0.4 is 10.1 Å². The number of aryl methyl sites for hydroxylation is 1. The monoisotopic (exact) mass is 291 g/mol. The van der Waals surface area contributed by atoms with E-state index < -0.39 is 11.9 Å². The van der Waals surface area contributed by atoms with Crippen LogP contribution in [0.15, 0.2) is 24.3 Å². The number of methoxy groups -OCH3 is 1. The average Bonchev–Trinajstić information content (AvgIpc) is 2.42. The van der Waals surface area contributed by atoms with Crippen molar-refractivity contribution in [2.45, 2.75) is 25.7 Å². The van der Waals surface area contributed by atoms with Crippen molar-refractivity contribution in [3.63, 3.8) is 0 Å². The second-order valence-corrected chi connectivity index (χ2v) is 5.37. The Labute approximate surface area is 124 Å². The third kappa shape index (κ3) is 3.97. The van der Waals surface area contributed by atoms with Crippen molar-refractivity contribution in [2.24, 2.45) is 11.8 Å². The van der Waals surface area contributed by atoms with Gasteiger partial charge in [-0.1, -0.05) is 12.1 Å². The molecule has 1 aliphatic rings. The highest BCUT2D eigenvalue weighted by Crippen LogP contribution is 2.34. The predicted octanol–water partition coefficient (Wildman–Crippen LogP) is 1.85. The molecule has 0 radical (unpaired) electrons. The maximum atomic E-state index is 11.8. The average molecular weight is 291 g/mol. The Morgan fingerprint density at radius 2 is 1.90 bits per heavy atom. The minimum atomic E-state index is -0.861. The molecule has 2 N–H and O–H groups in total. The van der Waals surface area contributed by atoms with Crippen LogP contribution in [-0.2, 0) is 16.0 Å². The van der Waals surface area contributed by atoms with Crippen LogP contribution in [0.3, 0.4) is 0 Å². The lowest BCUT2D eigenvalue weighted by molar-refractivity contribution is -0.152. The Hall–Kier alpha value is -2.04. The highest BCUT2D eigenvalue weighted by molar-refractivity contribution is 5.86. The van der Waals surface area contributed by atoms with Gasteiger partial charge in [0.05, 0.1) is 18.9 Å². The maximum absolute atomic E-state index is 11.8. The van der Waals surface area contributed by atoms with Crippen LogP contribution in [0.25, 0.3) is 0 Å². The van der Waals surface area contributed by atoms with Crippen molar-refractivity contribution in [1.82, 2.24) is 5.32 Å². The molecule has 0 heterocycles. The van der Waals surface area contributed by atoms with Gasteiger partial charge < -0.3 is 15.2 Å². The Morgan fingerprint density at radius 1 is 1.24 bits per heavy atom. The zero-order chi connectivity index (χ0) is 15.2. The normalized spacial score (nSPS) is 20.4. The number of rotatable bonds is 7. The van der Waals surface area contributed by atoms with Gasteiger partial charge in [-0.3, -0.25) is 9.59 Å². The molecule has 5 nitrogen and oxygen atoms in total. The second kappa shape index (κ2) is 7.11. The Kier molecular flexibility index (Phi) is 5.20. The van der Waals surface area contributed by atoms with Gasteiger partial charge >= 0.3 is 5.97 Å². The van der Waals surface area contributed by atoms with E-state index >= 15 is 0 Å². The van der Waals surface area contributed by atoms with E-state index in [2.05, 4.69) is 5.32 Å². The smallest absolute Gasteiger partial charge is 0.307 e. The van der Waals surface area contributed by atoms with Gasteiger partial charge in [-0.25, -0.2) is 0 Å². The molecule has 1 aliphatic carbocycles. The molecule has 1 saturated carbocycles. The number of benzene rings is 1. The largest absolute Gasteiger partial charge is 0.497 e. The van der Waals surface area contributed by atoms with Crippen molar-refractivity contribution >= 4 is 11.9 Å². The zero-order valence-corrected chi connectivity index (χ0v) is 12.2. The van der Waals surface area contributed by atoms with Crippen LogP contribution in [0, 0.1) is 11.8 Å². The van der Waals surface area contributed by atoms with Crippen LogP contribution in [0.5, 0.6) is 5.75 Å². The molecule has 1 aromatic rings. The van der Waals surface area contributed by atoms with Gasteiger partial charge in [0.25, 0.3) is 0 Å². The molecule has 5 heteroatoms. The first kappa shape index (κ1) is 15.4. The fourth-order valence-electron chi connectivity index (χ4n) is 2.54. The standard InChI is InChI=1S/C16H21NO4/c1-21-12-6-4-11(5-7-12)3-2-10-17-15(18)13-8-9-14(13)16(19)20/h4-7,13-14H,2-3,8-10H2,1H3,(H,17,18)(H,19,20). The number of aliphatic carboxylic acids is 1. The molecule has 2 rings (SSSR count). The Morgan fingerprint density at radius 3 is 2.43 bits per heavy atom. The molecule has 0 spiro atoms. The van der Waals surface area contributed by atoms with Gasteiger partial charge in [-0.2, -0.15) is 0 Å². The SMILES string of the molecule is COc1ccc(CCCNC(=O)C2CCC2C(=O)O)cc1. The van der Waals surface area contributed by atoms with Gasteiger partial charge in [0.2, 0.25) is 5.91 Å². The molecule has 1 fully saturated rings. The highest BCUT2D eigenvalue weighted by Gasteiger charge is 2.41. The van der Waals surface area contributed by atoms with Crippen molar-refractivity contribution < 1.29 is 19.4 Å². The summed E-state index contributed by atoms with van der Waals surface area (Å²) >= 11 is 0. The van der Waals surface area contributed by atoms with E-state index in [9.17, 15) is 9.59 Å². The predicted molar refractivity (Wildman–Crippen MR) is 78.2 cm³/mol. The molecule has 21 heavy (non-hydrogen) atoms. The van der Waals surface area contributed by atoms with E-state index in [0.29, 0.717) is 19.4 Å². The van der Waals surface area contributed by atoms with Gasteiger partial charge in [-0.05, 0) is 43.4 Å². The van der Waals surface area contributed by atoms with Crippen molar-refractivity contribution in [1.29, 1.82) is 0 Å². The van der Waals surface area contributed by atoms with Gasteiger partial charge in [-0.15, -0.1) is 0 Å². The minimum Gasteiger partial charge on any atom is -0.497 e. The number of hydrogen-bond acceptors (Lipinski definition) is 3. The molecule has 0 aliphatic heterocycles. The summed E-state index contributed by atoms with van der Waals surface area (Å²) in [6.45, 7) is 0.577. The first-order valence-corrected chi connectivity index (χ1v) is 7.25. The van der Waals surface area contributed by atoms with Gasteiger partial charge in [0.15, 0.2) is 0 Å². The number of carboxylic acids is 1. The molecule has 0 saturated heterocycles. The molecule has 2 atom stereocenters. The molecule has 0 aromatic heterocycles. The molecular weight excluding hydrogens is 270 g/mol. The number of ether oxygens (including phenoxy) is 1. The van der Waals surface area contributed by atoms with E-state index in [1.165, 1.54) is 5.56 Å². The number of nitrogens with one attached hydrogen (secondary N) is 1. The summed E-state index contributed by atoms with van der Waals surface area (Å²) in [5.74, 6) is -0.991. The lowest BCUT2D eigenvalue weighted by Gasteiger charge is -2.31. The maximum Gasteiger partial charge on any atom is 0.307 e. The molecule has 114 valence electrons. The summed E-state index contributed by atoms with van der Waals surface area (Å²) in [6, 6.07) is 7.85. The first-order valence-electron chi connectivity index (χ1n) is 7.25. The van der Waals surface area contributed by atoms with E-state index in [0.717, 1.165) is 18.6 Å². The number of hydrogen-bond donors (Lipinski definition) is 2. The summed E-state index contributed by atoms with van der Waals surface area (Å²) in [5, 5.41) is 11.8. The lowest BCUT2D eigenvalue weighted by Crippen LogP contribution is -2.44.